The van der Waals surface area contributed by atoms with E-state index in [9.17, 15) is 4.57 Å². The molecule has 0 amide bonds. The van der Waals surface area contributed by atoms with Crippen LogP contribution in [0.5, 0.6) is 0 Å². The Balaban J connectivity index is 0.000000202. The summed E-state index contributed by atoms with van der Waals surface area (Å²) in [5.41, 5.74) is 1.95. The van der Waals surface area contributed by atoms with Crippen molar-refractivity contribution >= 4 is 18.1 Å². The zero-order chi connectivity index (χ0) is 22.2. The van der Waals surface area contributed by atoms with E-state index in [1.807, 2.05) is 78.4 Å². The molecule has 0 bridgehead atoms. The van der Waals surface area contributed by atoms with Crippen LogP contribution < -0.4 is 10.2 Å². The molecule has 0 atom stereocenters. The maximum Gasteiger partial charge on any atom is 3.00 e. The number of benzene rings is 2. The maximum absolute atomic E-state index is 14.1. The van der Waals surface area contributed by atoms with Crippen molar-refractivity contribution in [2.75, 3.05) is 11.9 Å². The Kier molecular flexibility index (Phi) is 10.3. The first-order chi connectivity index (χ1) is 15.7. The zero-order valence-electron chi connectivity index (χ0n) is 19.7. The van der Waals surface area contributed by atoms with Crippen LogP contribution in [0.4, 0.5) is 5.69 Å². The Labute approximate surface area is 214 Å². The number of nitrogens with zero attached hydrogens (tertiary/aromatic N) is 2. The van der Waals surface area contributed by atoms with Crippen molar-refractivity contribution in [1.82, 2.24) is 4.90 Å². The van der Waals surface area contributed by atoms with Gasteiger partial charge < -0.3 is 14.4 Å². The molecule has 5 rings (SSSR count). The monoisotopic (exact) mass is 640 g/mol. The van der Waals surface area contributed by atoms with Gasteiger partial charge in [0.2, 0.25) is 0 Å². The van der Waals surface area contributed by atoms with Crippen LogP contribution in [-0.2, 0) is 24.7 Å². The van der Waals surface area contributed by atoms with E-state index >= 15 is 0 Å². The van der Waals surface area contributed by atoms with Gasteiger partial charge in [-0.1, -0.05) is 38.5 Å². The van der Waals surface area contributed by atoms with Gasteiger partial charge in [-0.2, -0.15) is 67.3 Å². The minimum absolute atomic E-state index is 0. The standard InChI is InChI=1S/C18H26OP.C10H10N2.Ir/c19-20(16-10-4-1-5-11-16,17-12-6-2-7-13-17)18-14-8-3-9-15-18;1-11-7-8-12(9-11)10-5-3-2-4-6-10;/h1,4-5,10,17-18H,2-3,6-9,12-15H2;2-5,7-9H,1H3;/q-1;-2;+3. The van der Waals surface area contributed by atoms with E-state index in [2.05, 4.69) is 18.2 Å². The predicted molar refractivity (Wildman–Crippen MR) is 135 cm³/mol. The molecule has 1 heterocycles. The van der Waals surface area contributed by atoms with Crippen molar-refractivity contribution in [3.05, 3.63) is 79.7 Å². The molecule has 0 aromatic heterocycles. The topological polar surface area (TPSA) is 23.6 Å². The summed E-state index contributed by atoms with van der Waals surface area (Å²) in [4.78, 5) is 4.03. The van der Waals surface area contributed by atoms with Crippen molar-refractivity contribution in [3.8, 4) is 0 Å². The summed E-state index contributed by atoms with van der Waals surface area (Å²) in [7, 11) is -0.279. The summed E-state index contributed by atoms with van der Waals surface area (Å²) in [5.74, 6) is 0. The molecule has 0 spiro atoms. The molecule has 2 aromatic rings. The molecule has 2 fully saturated rings. The van der Waals surface area contributed by atoms with Crippen LogP contribution in [0.3, 0.4) is 0 Å². The molecule has 1 aliphatic heterocycles. The largest absolute Gasteiger partial charge is 3.00 e. The molecule has 0 radical (unpaired) electrons. The van der Waals surface area contributed by atoms with E-state index < -0.39 is 7.14 Å². The third-order valence-corrected chi connectivity index (χ3v) is 11.3. The van der Waals surface area contributed by atoms with E-state index in [1.54, 1.807) is 0 Å². The number of para-hydroxylation sites is 1. The van der Waals surface area contributed by atoms with Crippen LogP contribution in [0, 0.1) is 18.8 Å². The zero-order valence-corrected chi connectivity index (χ0v) is 22.9. The van der Waals surface area contributed by atoms with E-state index in [4.69, 9.17) is 0 Å². The first kappa shape index (κ1) is 26.3. The first-order valence-corrected chi connectivity index (χ1v) is 14.1. The van der Waals surface area contributed by atoms with Gasteiger partial charge in [0.1, 0.15) is 0 Å². The Hall–Kier alpha value is -1.34. The maximum atomic E-state index is 14.1. The van der Waals surface area contributed by atoms with Gasteiger partial charge in [-0.25, -0.2) is 0 Å². The number of rotatable bonds is 4. The Morgan fingerprint density at radius 2 is 1.39 bits per heavy atom. The van der Waals surface area contributed by atoms with Crippen LogP contribution in [0.2, 0.25) is 0 Å². The third-order valence-electron chi connectivity index (χ3n) is 7.04. The van der Waals surface area contributed by atoms with E-state index in [-0.39, 0.29) is 20.1 Å². The summed E-state index contributed by atoms with van der Waals surface area (Å²) < 4.78 is 14.1. The predicted octanol–water partition coefficient (Wildman–Crippen LogP) is 6.97. The van der Waals surface area contributed by atoms with Crippen LogP contribution in [-0.4, -0.2) is 23.3 Å². The van der Waals surface area contributed by atoms with Gasteiger partial charge in [-0.05, 0) is 45.1 Å². The fraction of sp³-hybridized carbons (Fsp3) is 0.464. The smallest absolute Gasteiger partial charge is 0.510 e. The molecule has 3 nitrogen and oxygen atoms in total. The molecular weight excluding hydrogens is 604 g/mol. The SMILES string of the molecule is CN1C=CN(c2[c-]cccc2)[CH-]1.O=P(c1[c-]cccc1)(C1CCCCC1)C1CCCCC1.[Ir+3]. The summed E-state index contributed by atoms with van der Waals surface area (Å²) in [6.45, 7) is 2.01. The van der Waals surface area contributed by atoms with Gasteiger partial charge in [-0.15, -0.1) is 11.0 Å². The molecule has 33 heavy (non-hydrogen) atoms. The normalized spacial score (nSPS) is 19.5. The number of hydrogen-bond acceptors (Lipinski definition) is 3. The molecule has 3 aliphatic rings. The third kappa shape index (κ3) is 6.62. The summed E-state index contributed by atoms with van der Waals surface area (Å²) in [6.07, 6.45) is 16.5. The van der Waals surface area contributed by atoms with Gasteiger partial charge in [0.15, 0.2) is 0 Å². The Morgan fingerprint density at radius 1 is 0.818 bits per heavy atom. The second-order valence-electron chi connectivity index (χ2n) is 9.28. The van der Waals surface area contributed by atoms with Gasteiger partial charge in [0.25, 0.3) is 0 Å². The quantitative estimate of drug-likeness (QED) is 0.267. The van der Waals surface area contributed by atoms with Crippen molar-refractivity contribution in [1.29, 1.82) is 0 Å². The molecule has 2 saturated carbocycles. The Morgan fingerprint density at radius 3 is 1.85 bits per heavy atom. The van der Waals surface area contributed by atoms with Crippen LogP contribution in [0.1, 0.15) is 64.2 Å². The molecule has 2 aromatic carbocycles. The van der Waals surface area contributed by atoms with Crippen LogP contribution in [0.25, 0.3) is 0 Å². The minimum atomic E-state index is -2.28. The fourth-order valence-electron chi connectivity index (χ4n) is 5.36. The second kappa shape index (κ2) is 12.9. The molecule has 0 saturated heterocycles. The van der Waals surface area contributed by atoms with E-state index in [1.165, 1.54) is 64.2 Å². The van der Waals surface area contributed by atoms with Crippen LogP contribution in [0.15, 0.2) is 60.9 Å². The van der Waals surface area contributed by atoms with Crippen molar-refractivity contribution < 1.29 is 24.7 Å². The van der Waals surface area contributed by atoms with Gasteiger partial charge in [-0.3, -0.25) is 0 Å². The van der Waals surface area contributed by atoms with Crippen molar-refractivity contribution in [3.63, 3.8) is 0 Å². The average Bonchev–Trinajstić information content (AvgIpc) is 3.32. The van der Waals surface area contributed by atoms with Crippen molar-refractivity contribution in [2.45, 2.75) is 75.5 Å². The molecule has 178 valence electrons. The molecular formula is C28H36IrN2OP. The minimum Gasteiger partial charge on any atom is -0.510 e. The van der Waals surface area contributed by atoms with Crippen molar-refractivity contribution in [2.24, 2.45) is 0 Å². The Bertz CT molecular complexity index is 871. The second-order valence-corrected chi connectivity index (χ2v) is 12.6. The molecule has 0 unspecified atom stereocenters. The molecule has 0 N–H and O–H groups in total. The first-order valence-electron chi connectivity index (χ1n) is 12.2. The fourth-order valence-corrected chi connectivity index (χ4v) is 9.60. The van der Waals surface area contributed by atoms with Gasteiger partial charge in [0.05, 0.1) is 7.14 Å². The van der Waals surface area contributed by atoms with Gasteiger partial charge in [0, 0.05) is 11.3 Å². The summed E-state index contributed by atoms with van der Waals surface area (Å²) in [5, 5.41) is 1.05. The van der Waals surface area contributed by atoms with Crippen LogP contribution >= 0.6 is 7.14 Å². The summed E-state index contributed by atoms with van der Waals surface area (Å²) >= 11 is 0. The molecule has 2 aliphatic carbocycles. The van der Waals surface area contributed by atoms with E-state index in [0.717, 1.165) is 11.0 Å². The average molecular weight is 640 g/mol. The number of hydrogen-bond donors (Lipinski definition) is 0. The summed E-state index contributed by atoms with van der Waals surface area (Å²) in [6, 6.07) is 22.5. The number of anilines is 1. The van der Waals surface area contributed by atoms with Gasteiger partial charge >= 0.3 is 20.1 Å². The molecule has 5 heteroatoms. The van der Waals surface area contributed by atoms with E-state index in [0.29, 0.717) is 11.3 Å².